The van der Waals surface area contributed by atoms with E-state index >= 15 is 0 Å². The summed E-state index contributed by atoms with van der Waals surface area (Å²) in [4.78, 5) is 19.3. The average Bonchev–Trinajstić information content (AvgIpc) is 1.63. The Labute approximate surface area is 88.7 Å². The van der Waals surface area contributed by atoms with E-state index in [9.17, 15) is 14.4 Å². The molecule has 0 aromatic rings. The van der Waals surface area contributed by atoms with Crippen LogP contribution in [0.3, 0.4) is 0 Å². The average molecular weight is 163 g/mol. The first-order valence-corrected chi connectivity index (χ1v) is 3.56. The normalized spacial score (nSPS) is 8.82. The molecule has 5 nitrogen and oxygen atoms in total. The largest absolute Gasteiger partial charge is 1.00 e. The zero-order valence-corrected chi connectivity index (χ0v) is 7.34. The van der Waals surface area contributed by atoms with Gasteiger partial charge in [-0.3, -0.25) is 0 Å². The number of hydrogen-bond donors (Lipinski definition) is 0. The van der Waals surface area contributed by atoms with E-state index in [1.807, 2.05) is 0 Å². The fourth-order valence-electron chi connectivity index (χ4n) is 0.203. The molecule has 0 atom stereocenters. The number of hydrogen-bond acceptors (Lipinski definition) is 5. The third-order valence-electron chi connectivity index (χ3n) is 0.463. The fraction of sp³-hybridized carbons (Fsp3) is 0.667. The summed E-state index contributed by atoms with van der Waals surface area (Å²) < 4.78 is 13.3. The van der Waals surface area contributed by atoms with E-state index in [2.05, 4.69) is 4.52 Å². The second-order valence-corrected chi connectivity index (χ2v) is 2.34. The van der Waals surface area contributed by atoms with Crippen LogP contribution in [0, 0.1) is 11.3 Å². The minimum absolute atomic E-state index is 0. The van der Waals surface area contributed by atoms with E-state index in [1.54, 1.807) is 6.07 Å². The molecule has 0 unspecified atom stereocenters. The van der Waals surface area contributed by atoms with Gasteiger partial charge in [-0.2, -0.15) is 5.26 Å². The van der Waals surface area contributed by atoms with Gasteiger partial charge in [0.2, 0.25) is 0 Å². The van der Waals surface area contributed by atoms with Crippen molar-refractivity contribution in [2.75, 3.05) is 6.61 Å². The van der Waals surface area contributed by atoms with Gasteiger partial charge in [-0.25, -0.2) is 0 Å². The summed E-state index contributed by atoms with van der Waals surface area (Å²) in [7, 11) is -4.85. The summed E-state index contributed by atoms with van der Waals surface area (Å²) in [5.41, 5.74) is 0. The van der Waals surface area contributed by atoms with E-state index in [0.29, 0.717) is 0 Å². The zero-order chi connectivity index (χ0) is 7.33. The molecule has 0 saturated carbocycles. The third-order valence-corrected chi connectivity index (χ3v) is 0.962. The monoisotopic (exact) mass is 163 g/mol. The molecule has 52 valence electrons. The van der Waals surface area contributed by atoms with Gasteiger partial charge < -0.3 is 18.9 Å². The van der Waals surface area contributed by atoms with Crippen LogP contribution in [0.25, 0.3) is 0 Å². The van der Waals surface area contributed by atoms with Crippen molar-refractivity contribution in [2.45, 2.75) is 6.42 Å². The Morgan fingerprint density at radius 3 is 2.18 bits per heavy atom. The number of phosphoric ester groups is 1. The van der Waals surface area contributed by atoms with Crippen LogP contribution in [0.2, 0.25) is 0 Å². The molecule has 11 heavy (non-hydrogen) atoms. The maximum Gasteiger partial charge on any atom is 1.00 e. The van der Waals surface area contributed by atoms with Crippen LogP contribution in [-0.2, 0) is 9.09 Å². The van der Waals surface area contributed by atoms with E-state index < -0.39 is 7.82 Å². The molecule has 0 bridgehead atoms. The van der Waals surface area contributed by atoms with Gasteiger partial charge in [-0.1, -0.05) is 0 Å². The standard InChI is InChI=1S/C3H6NO4P.2Li/c4-2-1-3-8-9(5,6)7;;/h1,3H2,(H2,5,6,7);;/q;2*+1/p-2. The quantitative estimate of drug-likeness (QED) is 0.234. The van der Waals surface area contributed by atoms with Crippen LogP contribution in [0.4, 0.5) is 0 Å². The summed E-state index contributed by atoms with van der Waals surface area (Å²) in [6.07, 6.45) is -0.0888. The van der Waals surface area contributed by atoms with Crippen molar-refractivity contribution >= 4 is 7.82 Å². The topological polar surface area (TPSA) is 96.2 Å². The minimum atomic E-state index is -4.85. The van der Waals surface area contributed by atoms with Crippen LogP contribution >= 0.6 is 7.82 Å². The van der Waals surface area contributed by atoms with Gasteiger partial charge >= 0.3 is 37.7 Å². The molecule has 8 heteroatoms. The maximum absolute atomic E-state index is 9.65. The first-order chi connectivity index (χ1) is 4.06. The van der Waals surface area contributed by atoms with Gasteiger partial charge in [0, 0.05) is 0 Å². The van der Waals surface area contributed by atoms with Crippen molar-refractivity contribution in [3.05, 3.63) is 0 Å². The van der Waals surface area contributed by atoms with Gasteiger partial charge in [0.05, 0.1) is 26.9 Å². The molecular weight excluding hydrogens is 159 g/mol. The molecule has 0 aliphatic heterocycles. The molecule has 0 aromatic carbocycles. The molecule has 0 heterocycles. The third kappa shape index (κ3) is 18.1. The summed E-state index contributed by atoms with van der Waals surface area (Å²) in [5.74, 6) is 0. The molecule has 0 aliphatic carbocycles. The Balaban J connectivity index is -0.000000320. The molecule has 0 saturated heterocycles. The zero-order valence-electron chi connectivity index (χ0n) is 6.44. The molecule has 0 aromatic heterocycles. The Bertz CT molecular complexity index is 163. The first kappa shape index (κ1) is 17.8. The van der Waals surface area contributed by atoms with Crippen molar-refractivity contribution in [1.82, 2.24) is 0 Å². The van der Waals surface area contributed by atoms with Crippen LogP contribution in [-0.4, -0.2) is 6.61 Å². The SMILES string of the molecule is N#CCCOP(=O)([O-])[O-].[Li+].[Li+]. The van der Waals surface area contributed by atoms with Gasteiger partial charge in [-0.15, -0.1) is 0 Å². The second kappa shape index (κ2) is 8.89. The predicted molar refractivity (Wildman–Crippen MR) is 23.8 cm³/mol. The molecule has 0 spiro atoms. The maximum atomic E-state index is 9.65. The van der Waals surface area contributed by atoms with E-state index in [4.69, 9.17) is 5.26 Å². The van der Waals surface area contributed by atoms with Gasteiger partial charge in [-0.05, 0) is 0 Å². The van der Waals surface area contributed by atoms with Crippen LogP contribution in [0.1, 0.15) is 6.42 Å². The van der Waals surface area contributed by atoms with Crippen molar-refractivity contribution in [3.63, 3.8) is 0 Å². The smallest absolute Gasteiger partial charge is 0.790 e. The summed E-state index contributed by atoms with van der Waals surface area (Å²) in [6, 6.07) is 1.62. The van der Waals surface area contributed by atoms with Gasteiger partial charge in [0.25, 0.3) is 0 Å². The van der Waals surface area contributed by atoms with Crippen LogP contribution in [0.15, 0.2) is 0 Å². The van der Waals surface area contributed by atoms with E-state index in [1.165, 1.54) is 0 Å². The first-order valence-electron chi connectivity index (χ1n) is 2.10. The Hall–Kier alpha value is 0.795. The number of nitriles is 1. The molecule has 0 radical (unpaired) electrons. The molecule has 0 rings (SSSR count). The minimum Gasteiger partial charge on any atom is -0.790 e. The Morgan fingerprint density at radius 1 is 1.45 bits per heavy atom. The van der Waals surface area contributed by atoms with Crippen molar-refractivity contribution < 1.29 is 56.6 Å². The molecule has 0 aliphatic rings. The fourth-order valence-corrected chi connectivity index (χ4v) is 0.518. The van der Waals surface area contributed by atoms with E-state index in [0.717, 1.165) is 0 Å². The summed E-state index contributed by atoms with van der Waals surface area (Å²) in [5, 5.41) is 7.84. The number of nitrogens with zero attached hydrogens (tertiary/aromatic N) is 1. The van der Waals surface area contributed by atoms with Crippen molar-refractivity contribution in [1.29, 1.82) is 5.26 Å². The van der Waals surface area contributed by atoms with Crippen LogP contribution < -0.4 is 47.5 Å². The molecule has 0 fully saturated rings. The molecular formula is C3H4Li2NO4P. The predicted octanol–water partition coefficient (Wildman–Crippen LogP) is -7.25. The van der Waals surface area contributed by atoms with Crippen molar-refractivity contribution in [3.8, 4) is 6.07 Å². The summed E-state index contributed by atoms with van der Waals surface area (Å²) >= 11 is 0. The molecule has 0 amide bonds. The Kier molecular flexibility index (Phi) is 14.4. The van der Waals surface area contributed by atoms with Crippen molar-refractivity contribution in [2.24, 2.45) is 0 Å². The van der Waals surface area contributed by atoms with E-state index in [-0.39, 0.29) is 50.7 Å². The molecule has 0 N–H and O–H groups in total. The van der Waals surface area contributed by atoms with Crippen LogP contribution in [0.5, 0.6) is 0 Å². The second-order valence-electron chi connectivity index (χ2n) is 1.19. The number of phosphoric acid groups is 1. The number of rotatable bonds is 3. The Morgan fingerprint density at radius 2 is 1.91 bits per heavy atom. The summed E-state index contributed by atoms with van der Waals surface area (Å²) in [6.45, 7) is -0.346. The van der Waals surface area contributed by atoms with Gasteiger partial charge in [0.15, 0.2) is 0 Å². The van der Waals surface area contributed by atoms with Gasteiger partial charge in [0.1, 0.15) is 0 Å².